The SMILES string of the molecule is CCSc1ccc2nc(-c3ccc(C)cc3)c(CNC(=O)c3ccccc3)n2n1. The molecule has 0 aliphatic heterocycles. The second-order valence-corrected chi connectivity index (χ2v) is 7.98. The maximum Gasteiger partial charge on any atom is 0.251 e. The molecule has 0 spiro atoms. The van der Waals surface area contributed by atoms with E-state index in [1.807, 2.05) is 34.8 Å². The lowest BCUT2D eigenvalue weighted by atomic mass is 10.1. The third-order valence-corrected chi connectivity index (χ3v) is 5.42. The van der Waals surface area contributed by atoms with Crippen molar-refractivity contribution < 1.29 is 4.79 Å². The van der Waals surface area contributed by atoms with Crippen LogP contribution >= 0.6 is 11.8 Å². The van der Waals surface area contributed by atoms with E-state index in [1.54, 1.807) is 23.9 Å². The Morgan fingerprint density at radius 1 is 1.03 bits per heavy atom. The Labute approximate surface area is 174 Å². The molecule has 0 atom stereocenters. The zero-order valence-corrected chi connectivity index (χ0v) is 17.2. The molecule has 0 saturated carbocycles. The minimum atomic E-state index is -0.116. The molecule has 6 heteroatoms. The molecule has 1 N–H and O–H groups in total. The third-order valence-electron chi connectivity index (χ3n) is 4.62. The zero-order chi connectivity index (χ0) is 20.2. The molecule has 0 radical (unpaired) electrons. The van der Waals surface area contributed by atoms with Crippen LogP contribution in [0.4, 0.5) is 0 Å². The molecule has 0 saturated heterocycles. The first-order valence-electron chi connectivity index (χ1n) is 9.57. The second-order valence-electron chi connectivity index (χ2n) is 6.70. The quantitative estimate of drug-likeness (QED) is 0.473. The van der Waals surface area contributed by atoms with Gasteiger partial charge in [0.2, 0.25) is 0 Å². The summed E-state index contributed by atoms with van der Waals surface area (Å²) in [6.45, 7) is 4.50. The van der Waals surface area contributed by atoms with Crippen molar-refractivity contribution >= 4 is 23.3 Å². The summed E-state index contributed by atoms with van der Waals surface area (Å²) in [5.41, 5.74) is 5.31. The Balaban J connectivity index is 1.73. The van der Waals surface area contributed by atoms with E-state index in [2.05, 4.69) is 43.4 Å². The summed E-state index contributed by atoms with van der Waals surface area (Å²) < 4.78 is 1.85. The highest BCUT2D eigenvalue weighted by Crippen LogP contribution is 2.26. The van der Waals surface area contributed by atoms with Crippen molar-refractivity contribution in [3.63, 3.8) is 0 Å². The number of amides is 1. The van der Waals surface area contributed by atoms with Gasteiger partial charge in [0.25, 0.3) is 5.91 Å². The topological polar surface area (TPSA) is 59.3 Å². The van der Waals surface area contributed by atoms with Crippen molar-refractivity contribution in [2.45, 2.75) is 25.4 Å². The minimum absolute atomic E-state index is 0.116. The number of hydrogen-bond donors (Lipinski definition) is 1. The Morgan fingerprint density at radius 3 is 2.52 bits per heavy atom. The van der Waals surface area contributed by atoms with E-state index in [4.69, 9.17) is 10.1 Å². The monoisotopic (exact) mass is 402 g/mol. The maximum absolute atomic E-state index is 12.6. The van der Waals surface area contributed by atoms with Gasteiger partial charge in [-0.1, -0.05) is 55.0 Å². The van der Waals surface area contributed by atoms with Crippen LogP contribution in [0, 0.1) is 6.92 Å². The molecule has 4 aromatic rings. The van der Waals surface area contributed by atoms with Crippen LogP contribution < -0.4 is 5.32 Å². The lowest BCUT2D eigenvalue weighted by Gasteiger charge is -2.08. The summed E-state index contributed by atoms with van der Waals surface area (Å²) in [7, 11) is 0. The number of aryl methyl sites for hydroxylation is 1. The smallest absolute Gasteiger partial charge is 0.251 e. The predicted molar refractivity (Wildman–Crippen MR) is 117 cm³/mol. The Hall–Kier alpha value is -3.12. The Morgan fingerprint density at radius 2 is 1.79 bits per heavy atom. The van der Waals surface area contributed by atoms with E-state index in [9.17, 15) is 4.79 Å². The number of carbonyl (C=O) groups excluding carboxylic acids is 1. The van der Waals surface area contributed by atoms with Gasteiger partial charge in [-0.3, -0.25) is 4.79 Å². The molecule has 2 aromatic carbocycles. The summed E-state index contributed by atoms with van der Waals surface area (Å²) in [6, 6.07) is 21.4. The number of benzene rings is 2. The first-order chi connectivity index (χ1) is 14.2. The number of carbonyl (C=O) groups is 1. The molecule has 0 bridgehead atoms. The van der Waals surface area contributed by atoms with Crippen LogP contribution in [-0.2, 0) is 6.54 Å². The van der Waals surface area contributed by atoms with Crippen LogP contribution in [0.3, 0.4) is 0 Å². The number of thioether (sulfide) groups is 1. The largest absolute Gasteiger partial charge is 0.346 e. The average molecular weight is 403 g/mol. The van der Waals surface area contributed by atoms with Gasteiger partial charge in [0.15, 0.2) is 5.65 Å². The number of nitrogens with one attached hydrogen (secondary N) is 1. The lowest BCUT2D eigenvalue weighted by Crippen LogP contribution is -2.24. The van der Waals surface area contributed by atoms with Gasteiger partial charge in [0.05, 0.1) is 17.9 Å². The summed E-state index contributed by atoms with van der Waals surface area (Å²) in [4.78, 5) is 17.4. The lowest BCUT2D eigenvalue weighted by molar-refractivity contribution is 0.0950. The number of rotatable bonds is 6. The molecule has 0 fully saturated rings. The Kier molecular flexibility index (Phi) is 5.62. The molecule has 2 heterocycles. The normalized spacial score (nSPS) is 11.0. The van der Waals surface area contributed by atoms with Gasteiger partial charge in [0, 0.05) is 11.1 Å². The molecule has 0 aliphatic carbocycles. The first kappa shape index (κ1) is 19.2. The van der Waals surface area contributed by atoms with Crippen LogP contribution in [0.1, 0.15) is 28.5 Å². The van der Waals surface area contributed by atoms with Crippen LogP contribution in [0.2, 0.25) is 0 Å². The van der Waals surface area contributed by atoms with Crippen molar-refractivity contribution in [3.05, 3.63) is 83.6 Å². The minimum Gasteiger partial charge on any atom is -0.346 e. The van der Waals surface area contributed by atoms with Gasteiger partial charge in [-0.25, -0.2) is 9.50 Å². The van der Waals surface area contributed by atoms with Gasteiger partial charge in [-0.15, -0.1) is 11.8 Å². The van der Waals surface area contributed by atoms with Crippen molar-refractivity contribution in [2.24, 2.45) is 0 Å². The molecular formula is C23H22N4OS. The molecule has 0 aliphatic rings. The van der Waals surface area contributed by atoms with Crippen LogP contribution in [-0.4, -0.2) is 26.3 Å². The molecule has 0 unspecified atom stereocenters. The number of hydrogen-bond acceptors (Lipinski definition) is 4. The van der Waals surface area contributed by atoms with Gasteiger partial charge < -0.3 is 5.32 Å². The summed E-state index contributed by atoms with van der Waals surface area (Å²) in [5, 5.41) is 8.70. The highest BCUT2D eigenvalue weighted by Gasteiger charge is 2.17. The highest BCUT2D eigenvalue weighted by molar-refractivity contribution is 7.99. The van der Waals surface area contributed by atoms with Gasteiger partial charge in [-0.05, 0) is 36.9 Å². The molecule has 29 heavy (non-hydrogen) atoms. The van der Waals surface area contributed by atoms with E-state index in [0.717, 1.165) is 33.4 Å². The first-order valence-corrected chi connectivity index (χ1v) is 10.6. The fraction of sp³-hybridized carbons (Fsp3) is 0.174. The molecule has 2 aromatic heterocycles. The van der Waals surface area contributed by atoms with E-state index >= 15 is 0 Å². The maximum atomic E-state index is 12.6. The van der Waals surface area contributed by atoms with Gasteiger partial charge in [-0.2, -0.15) is 5.10 Å². The van der Waals surface area contributed by atoms with Crippen molar-refractivity contribution in [1.29, 1.82) is 0 Å². The molecule has 4 rings (SSSR count). The van der Waals surface area contributed by atoms with Gasteiger partial charge >= 0.3 is 0 Å². The molecule has 146 valence electrons. The zero-order valence-electron chi connectivity index (χ0n) is 16.4. The van der Waals surface area contributed by atoms with Crippen LogP contribution in [0.25, 0.3) is 16.9 Å². The summed E-state index contributed by atoms with van der Waals surface area (Å²) in [5.74, 6) is 0.826. The van der Waals surface area contributed by atoms with Gasteiger partial charge in [0.1, 0.15) is 5.03 Å². The average Bonchev–Trinajstić information content (AvgIpc) is 3.11. The number of fused-ring (bicyclic) bond motifs is 1. The number of aromatic nitrogens is 3. The standard InChI is InChI=1S/C23H22N4OS/c1-3-29-21-14-13-20-25-22(17-11-9-16(2)10-12-17)19(27(20)26-21)15-24-23(28)18-7-5-4-6-8-18/h4-14H,3,15H2,1-2H3,(H,24,28). The molecule has 1 amide bonds. The Bertz CT molecular complexity index is 1140. The molecular weight excluding hydrogens is 380 g/mol. The van der Waals surface area contributed by atoms with Crippen molar-refractivity contribution in [3.8, 4) is 11.3 Å². The summed E-state index contributed by atoms with van der Waals surface area (Å²) >= 11 is 1.68. The predicted octanol–water partition coefficient (Wildman–Crippen LogP) is 4.75. The molecule has 5 nitrogen and oxygen atoms in total. The van der Waals surface area contributed by atoms with E-state index in [0.29, 0.717) is 12.1 Å². The third kappa shape index (κ3) is 4.17. The van der Waals surface area contributed by atoms with Crippen molar-refractivity contribution in [1.82, 2.24) is 19.9 Å². The fourth-order valence-electron chi connectivity index (χ4n) is 3.14. The highest BCUT2D eigenvalue weighted by atomic mass is 32.2. The second kappa shape index (κ2) is 8.49. The van der Waals surface area contributed by atoms with E-state index in [1.165, 1.54) is 5.56 Å². The van der Waals surface area contributed by atoms with Crippen LogP contribution in [0.15, 0.2) is 71.8 Å². The van der Waals surface area contributed by atoms with Crippen LogP contribution in [0.5, 0.6) is 0 Å². The fourth-order valence-corrected chi connectivity index (χ4v) is 3.74. The summed E-state index contributed by atoms with van der Waals surface area (Å²) in [6.07, 6.45) is 0. The van der Waals surface area contributed by atoms with Crippen molar-refractivity contribution in [2.75, 3.05) is 5.75 Å². The van der Waals surface area contributed by atoms with E-state index in [-0.39, 0.29) is 5.91 Å². The number of nitrogens with zero attached hydrogens (tertiary/aromatic N) is 3. The van der Waals surface area contributed by atoms with E-state index < -0.39 is 0 Å². The number of imidazole rings is 1.